The maximum atomic E-state index is 12.9. The van der Waals surface area contributed by atoms with E-state index < -0.39 is 10.0 Å². The van der Waals surface area contributed by atoms with Gasteiger partial charge in [-0.25, -0.2) is 8.42 Å². The van der Waals surface area contributed by atoms with Gasteiger partial charge in [0.25, 0.3) is 10.0 Å². The molecule has 0 aliphatic heterocycles. The summed E-state index contributed by atoms with van der Waals surface area (Å²) in [5.41, 5.74) is 0.447. The minimum atomic E-state index is -3.90. The lowest BCUT2D eigenvalue weighted by Crippen LogP contribution is -2.31. The predicted octanol–water partition coefficient (Wildman–Crippen LogP) is 4.87. The Morgan fingerprint density at radius 3 is 2.35 bits per heavy atom. The van der Waals surface area contributed by atoms with Crippen molar-refractivity contribution in [2.24, 2.45) is 0 Å². The van der Waals surface area contributed by atoms with Crippen LogP contribution in [-0.4, -0.2) is 22.1 Å². The first kappa shape index (κ1) is 18.2. The van der Waals surface area contributed by atoms with Crippen molar-refractivity contribution in [3.8, 4) is 5.75 Å². The molecule has 0 aromatic heterocycles. The molecule has 0 bridgehead atoms. The fraction of sp³-hybridized carbons (Fsp3) is 0.200. The molecule has 0 heterocycles. The second kappa shape index (κ2) is 7.18. The van der Waals surface area contributed by atoms with E-state index in [4.69, 9.17) is 39.5 Å². The third kappa shape index (κ3) is 3.53. The molecule has 0 aliphatic carbocycles. The van der Waals surface area contributed by atoms with Crippen LogP contribution in [0.5, 0.6) is 5.75 Å². The van der Waals surface area contributed by atoms with E-state index in [2.05, 4.69) is 0 Å². The van der Waals surface area contributed by atoms with Crippen LogP contribution in [0.4, 0.5) is 5.69 Å². The summed E-state index contributed by atoms with van der Waals surface area (Å²) < 4.78 is 32.1. The number of methoxy groups -OCH3 is 1. The average molecular weight is 395 g/mol. The summed E-state index contributed by atoms with van der Waals surface area (Å²) in [6, 6.07) is 9.41. The number of halogens is 3. The van der Waals surface area contributed by atoms with Crippen molar-refractivity contribution in [1.29, 1.82) is 0 Å². The van der Waals surface area contributed by atoms with Crippen LogP contribution in [0.1, 0.15) is 6.92 Å². The molecule has 0 fully saturated rings. The molecule has 0 saturated carbocycles. The number of benzene rings is 2. The number of ether oxygens (including phenoxy) is 1. The normalized spacial score (nSPS) is 11.3. The number of sulfonamides is 1. The van der Waals surface area contributed by atoms with Crippen LogP contribution in [0.3, 0.4) is 0 Å². The molecule has 0 radical (unpaired) electrons. The van der Waals surface area contributed by atoms with Crippen molar-refractivity contribution >= 4 is 50.5 Å². The highest BCUT2D eigenvalue weighted by atomic mass is 35.5. The number of anilines is 1. The smallest absolute Gasteiger partial charge is 0.265 e. The van der Waals surface area contributed by atoms with Crippen LogP contribution in [0.2, 0.25) is 15.1 Å². The number of hydrogen-bond acceptors (Lipinski definition) is 3. The van der Waals surface area contributed by atoms with Crippen molar-refractivity contribution in [2.45, 2.75) is 11.8 Å². The van der Waals surface area contributed by atoms with Crippen LogP contribution in [-0.2, 0) is 10.0 Å². The van der Waals surface area contributed by atoms with Crippen LogP contribution >= 0.6 is 34.8 Å². The highest BCUT2D eigenvalue weighted by Gasteiger charge is 2.28. The first-order valence-corrected chi connectivity index (χ1v) is 9.20. The number of rotatable bonds is 5. The van der Waals surface area contributed by atoms with E-state index in [1.54, 1.807) is 31.2 Å². The third-order valence-corrected chi connectivity index (χ3v) is 6.34. The molecule has 0 aliphatic rings. The maximum absolute atomic E-state index is 12.9. The van der Waals surface area contributed by atoms with Gasteiger partial charge in [-0.1, -0.05) is 40.9 Å². The largest absolute Gasteiger partial charge is 0.495 e. The van der Waals surface area contributed by atoms with Crippen LogP contribution in [0, 0.1) is 0 Å². The summed E-state index contributed by atoms with van der Waals surface area (Å²) in [5, 5.41) is 0.416. The van der Waals surface area contributed by atoms with E-state index in [0.717, 1.165) is 0 Å². The van der Waals surface area contributed by atoms with Crippen LogP contribution in [0.15, 0.2) is 41.3 Å². The fourth-order valence-electron chi connectivity index (χ4n) is 2.11. The third-order valence-electron chi connectivity index (χ3n) is 3.18. The quantitative estimate of drug-likeness (QED) is 0.727. The van der Waals surface area contributed by atoms with E-state index >= 15 is 0 Å². The molecule has 0 N–H and O–H groups in total. The Morgan fingerprint density at radius 2 is 1.78 bits per heavy atom. The van der Waals surface area contributed by atoms with E-state index in [-0.39, 0.29) is 21.5 Å². The first-order chi connectivity index (χ1) is 10.8. The molecule has 0 unspecified atom stereocenters. The lowest BCUT2D eigenvalue weighted by atomic mass is 10.3. The Hall–Kier alpha value is -1.14. The lowest BCUT2D eigenvalue weighted by Gasteiger charge is -2.24. The zero-order valence-electron chi connectivity index (χ0n) is 12.4. The zero-order valence-corrected chi connectivity index (χ0v) is 15.5. The summed E-state index contributed by atoms with van der Waals surface area (Å²) in [6.45, 7) is 1.93. The van der Waals surface area contributed by atoms with Crippen molar-refractivity contribution in [1.82, 2.24) is 0 Å². The van der Waals surface area contributed by atoms with Gasteiger partial charge in [-0.3, -0.25) is 4.31 Å². The molecular weight excluding hydrogens is 381 g/mol. The minimum Gasteiger partial charge on any atom is -0.495 e. The molecule has 0 amide bonds. The molecule has 8 heteroatoms. The lowest BCUT2D eigenvalue weighted by molar-refractivity contribution is 0.414. The van der Waals surface area contributed by atoms with E-state index in [0.29, 0.717) is 16.5 Å². The van der Waals surface area contributed by atoms with E-state index in [1.807, 2.05) is 0 Å². The first-order valence-electron chi connectivity index (χ1n) is 6.63. The maximum Gasteiger partial charge on any atom is 0.265 e. The second-order valence-electron chi connectivity index (χ2n) is 4.54. The highest BCUT2D eigenvalue weighted by molar-refractivity contribution is 7.93. The molecule has 0 saturated heterocycles. The molecule has 2 rings (SSSR count). The number of hydrogen-bond donors (Lipinski definition) is 0. The summed E-state index contributed by atoms with van der Waals surface area (Å²) in [4.78, 5) is -0.0909. The molecule has 0 atom stereocenters. The highest BCUT2D eigenvalue weighted by Crippen LogP contribution is 2.38. The van der Waals surface area contributed by atoms with Gasteiger partial charge in [0.1, 0.15) is 15.7 Å². The topological polar surface area (TPSA) is 46.6 Å². The van der Waals surface area contributed by atoms with Crippen LogP contribution < -0.4 is 9.04 Å². The van der Waals surface area contributed by atoms with Crippen molar-refractivity contribution < 1.29 is 13.2 Å². The van der Waals surface area contributed by atoms with Gasteiger partial charge in [0.05, 0.1) is 17.8 Å². The minimum absolute atomic E-state index is 0.0531. The number of nitrogens with zero attached hydrogens (tertiary/aromatic N) is 1. The summed E-state index contributed by atoms with van der Waals surface area (Å²) in [7, 11) is -2.47. The monoisotopic (exact) mass is 393 g/mol. The summed E-state index contributed by atoms with van der Waals surface area (Å²) in [6.07, 6.45) is 0. The average Bonchev–Trinajstić information content (AvgIpc) is 2.50. The zero-order chi connectivity index (χ0) is 17.2. The Morgan fingerprint density at radius 1 is 1.09 bits per heavy atom. The molecule has 2 aromatic rings. The molecule has 124 valence electrons. The standard InChI is InChI=1S/C15H14Cl3NO3S/c1-3-19(11-6-4-5-10(16)9-11)23(20,21)13-8-7-12(22-2)14(17)15(13)18/h4-9H,3H2,1-2H3. The van der Waals surface area contributed by atoms with Crippen molar-refractivity contribution in [3.05, 3.63) is 51.5 Å². The molecule has 4 nitrogen and oxygen atoms in total. The Balaban J connectivity index is 2.58. The summed E-state index contributed by atoms with van der Waals surface area (Å²) in [5.74, 6) is 0.307. The van der Waals surface area contributed by atoms with Gasteiger partial charge >= 0.3 is 0 Å². The fourth-order valence-corrected chi connectivity index (χ4v) is 4.58. The van der Waals surface area contributed by atoms with Gasteiger partial charge in [0.15, 0.2) is 0 Å². The van der Waals surface area contributed by atoms with Crippen molar-refractivity contribution in [2.75, 3.05) is 18.0 Å². The Kier molecular flexibility index (Phi) is 5.68. The van der Waals surface area contributed by atoms with Gasteiger partial charge in [-0.15, -0.1) is 0 Å². The summed E-state index contributed by atoms with van der Waals surface area (Å²) >= 11 is 18.2. The van der Waals surface area contributed by atoms with Crippen molar-refractivity contribution in [3.63, 3.8) is 0 Å². The Labute approximate surface area is 150 Å². The van der Waals surface area contributed by atoms with Gasteiger partial charge in [0.2, 0.25) is 0 Å². The van der Waals surface area contributed by atoms with Gasteiger partial charge < -0.3 is 4.74 Å². The van der Waals surface area contributed by atoms with E-state index in [1.165, 1.54) is 23.5 Å². The molecule has 0 spiro atoms. The van der Waals surface area contributed by atoms with Gasteiger partial charge in [0, 0.05) is 11.6 Å². The molecular formula is C15H14Cl3NO3S. The molecule has 2 aromatic carbocycles. The molecule has 23 heavy (non-hydrogen) atoms. The van der Waals surface area contributed by atoms with E-state index in [9.17, 15) is 8.42 Å². The van der Waals surface area contributed by atoms with Gasteiger partial charge in [-0.2, -0.15) is 0 Å². The van der Waals surface area contributed by atoms with Gasteiger partial charge in [-0.05, 0) is 37.3 Å². The van der Waals surface area contributed by atoms with Crippen LogP contribution in [0.25, 0.3) is 0 Å². The SMILES string of the molecule is CCN(c1cccc(Cl)c1)S(=O)(=O)c1ccc(OC)c(Cl)c1Cl. The second-order valence-corrected chi connectivity index (χ2v) is 7.57. The predicted molar refractivity (Wildman–Crippen MR) is 94.7 cm³/mol. The Bertz CT molecular complexity index is 825.